The lowest BCUT2D eigenvalue weighted by Crippen LogP contribution is -2.07. The van der Waals surface area contributed by atoms with Gasteiger partial charge in [0, 0.05) is 12.1 Å². The van der Waals surface area contributed by atoms with Gasteiger partial charge >= 0.3 is 0 Å². The van der Waals surface area contributed by atoms with Crippen LogP contribution in [0.2, 0.25) is 5.02 Å². The highest BCUT2D eigenvalue weighted by molar-refractivity contribution is 6.32. The summed E-state index contributed by atoms with van der Waals surface area (Å²) in [6, 6.07) is 7.66. The molecular formula is C14H16ClNO2. The van der Waals surface area contributed by atoms with Crippen LogP contribution in [-0.4, -0.2) is 7.05 Å². The minimum absolute atomic E-state index is 0.382. The van der Waals surface area contributed by atoms with Crippen LogP contribution in [0.4, 0.5) is 0 Å². The number of hydrogen-bond acceptors (Lipinski definition) is 3. The molecule has 0 aliphatic carbocycles. The minimum atomic E-state index is 0.382. The zero-order chi connectivity index (χ0) is 13.0. The predicted octanol–water partition coefficient (Wildman–Crippen LogP) is 3.54. The molecule has 0 aliphatic heterocycles. The van der Waals surface area contributed by atoms with Gasteiger partial charge in [-0.3, -0.25) is 0 Å². The summed E-state index contributed by atoms with van der Waals surface area (Å²) in [5.74, 6) is 1.50. The Bertz CT molecular complexity index is 522. The van der Waals surface area contributed by atoms with Crippen LogP contribution >= 0.6 is 11.6 Å². The quantitative estimate of drug-likeness (QED) is 0.898. The molecule has 18 heavy (non-hydrogen) atoms. The van der Waals surface area contributed by atoms with Crippen molar-refractivity contribution < 1.29 is 9.15 Å². The molecule has 1 aromatic carbocycles. The third-order valence-corrected chi connectivity index (χ3v) is 2.95. The van der Waals surface area contributed by atoms with Gasteiger partial charge in [0.25, 0.3) is 0 Å². The number of furan rings is 1. The molecule has 0 atom stereocenters. The molecule has 1 N–H and O–H groups in total. The number of ether oxygens (including phenoxy) is 1. The van der Waals surface area contributed by atoms with Gasteiger partial charge in [0.2, 0.25) is 0 Å². The number of nitrogens with one attached hydrogen (secondary N) is 1. The summed E-state index contributed by atoms with van der Waals surface area (Å²) < 4.78 is 11.1. The van der Waals surface area contributed by atoms with E-state index < -0.39 is 0 Å². The Morgan fingerprint density at radius 1 is 1.33 bits per heavy atom. The first-order valence-electron chi connectivity index (χ1n) is 5.79. The van der Waals surface area contributed by atoms with Crippen LogP contribution in [0.1, 0.15) is 16.9 Å². The molecule has 1 aromatic heterocycles. The summed E-state index contributed by atoms with van der Waals surface area (Å²) in [4.78, 5) is 0. The molecule has 1 heterocycles. The maximum absolute atomic E-state index is 6.10. The van der Waals surface area contributed by atoms with E-state index in [4.69, 9.17) is 20.8 Å². The maximum Gasteiger partial charge on any atom is 0.146 e. The van der Waals surface area contributed by atoms with Crippen molar-refractivity contribution in [2.24, 2.45) is 0 Å². The Morgan fingerprint density at radius 2 is 2.17 bits per heavy atom. The van der Waals surface area contributed by atoms with Crippen molar-refractivity contribution >= 4 is 11.6 Å². The largest absolute Gasteiger partial charge is 0.484 e. The molecule has 3 nitrogen and oxygen atoms in total. The lowest BCUT2D eigenvalue weighted by molar-refractivity contribution is 0.268. The topological polar surface area (TPSA) is 34.4 Å². The lowest BCUT2D eigenvalue weighted by atomic mass is 10.2. The minimum Gasteiger partial charge on any atom is -0.484 e. The Kier molecular flexibility index (Phi) is 4.28. The standard InChI is InChI=1S/C14H16ClNO2/c1-10-3-4-13(12(15)7-10)18-9-14-11(8-16-2)5-6-17-14/h3-7,16H,8-9H2,1-2H3. The van der Waals surface area contributed by atoms with Gasteiger partial charge in [0.05, 0.1) is 11.3 Å². The molecule has 0 spiro atoms. The highest BCUT2D eigenvalue weighted by atomic mass is 35.5. The third-order valence-electron chi connectivity index (χ3n) is 2.65. The maximum atomic E-state index is 6.10. The highest BCUT2D eigenvalue weighted by Gasteiger charge is 2.08. The molecule has 0 bridgehead atoms. The molecule has 0 unspecified atom stereocenters. The third kappa shape index (κ3) is 3.06. The van der Waals surface area contributed by atoms with E-state index in [9.17, 15) is 0 Å². The van der Waals surface area contributed by atoms with Crippen LogP contribution in [0.5, 0.6) is 5.75 Å². The first kappa shape index (κ1) is 13.0. The van der Waals surface area contributed by atoms with E-state index >= 15 is 0 Å². The van der Waals surface area contributed by atoms with Gasteiger partial charge in [-0.1, -0.05) is 17.7 Å². The van der Waals surface area contributed by atoms with Crippen molar-refractivity contribution in [3.8, 4) is 5.75 Å². The fourth-order valence-corrected chi connectivity index (χ4v) is 2.00. The molecule has 0 radical (unpaired) electrons. The first-order chi connectivity index (χ1) is 8.70. The molecule has 4 heteroatoms. The number of hydrogen-bond donors (Lipinski definition) is 1. The van der Waals surface area contributed by atoms with Gasteiger partial charge in [-0.2, -0.15) is 0 Å². The van der Waals surface area contributed by atoms with Gasteiger partial charge in [-0.25, -0.2) is 0 Å². The summed E-state index contributed by atoms with van der Waals surface area (Å²) in [5.41, 5.74) is 2.21. The van der Waals surface area contributed by atoms with E-state index in [-0.39, 0.29) is 0 Å². The molecule has 2 rings (SSSR count). The number of aryl methyl sites for hydroxylation is 1. The van der Waals surface area contributed by atoms with Crippen molar-refractivity contribution in [3.63, 3.8) is 0 Å². The zero-order valence-electron chi connectivity index (χ0n) is 10.5. The van der Waals surface area contributed by atoms with Crippen LogP contribution in [0.25, 0.3) is 0 Å². The van der Waals surface area contributed by atoms with Crippen molar-refractivity contribution in [2.45, 2.75) is 20.1 Å². The second-order valence-corrected chi connectivity index (χ2v) is 4.53. The molecule has 2 aromatic rings. The fraction of sp³-hybridized carbons (Fsp3) is 0.286. The second kappa shape index (κ2) is 5.94. The normalized spacial score (nSPS) is 10.6. The molecule has 0 saturated carbocycles. The average Bonchev–Trinajstić information content (AvgIpc) is 2.76. The highest BCUT2D eigenvalue weighted by Crippen LogP contribution is 2.26. The van der Waals surface area contributed by atoms with Gasteiger partial charge in [-0.05, 0) is 37.7 Å². The lowest BCUT2D eigenvalue weighted by Gasteiger charge is -2.08. The van der Waals surface area contributed by atoms with Crippen LogP contribution < -0.4 is 10.1 Å². The van der Waals surface area contributed by atoms with E-state index in [1.165, 1.54) is 0 Å². The zero-order valence-corrected chi connectivity index (χ0v) is 11.3. The first-order valence-corrected chi connectivity index (χ1v) is 6.17. The van der Waals surface area contributed by atoms with Crippen LogP contribution in [0.3, 0.4) is 0 Å². The van der Waals surface area contributed by atoms with Crippen molar-refractivity contribution in [1.29, 1.82) is 0 Å². The molecule has 0 saturated heterocycles. The van der Waals surface area contributed by atoms with E-state index in [1.54, 1.807) is 6.26 Å². The molecular weight excluding hydrogens is 250 g/mol. The average molecular weight is 266 g/mol. The molecule has 0 fully saturated rings. The van der Waals surface area contributed by atoms with Crippen molar-refractivity contribution in [3.05, 3.63) is 52.4 Å². The van der Waals surface area contributed by atoms with Crippen LogP contribution in [0.15, 0.2) is 34.9 Å². The summed E-state index contributed by atoms with van der Waals surface area (Å²) in [6.45, 7) is 3.14. The smallest absolute Gasteiger partial charge is 0.146 e. The summed E-state index contributed by atoms with van der Waals surface area (Å²) >= 11 is 6.10. The van der Waals surface area contributed by atoms with Gasteiger partial charge in [0.15, 0.2) is 0 Å². The number of rotatable bonds is 5. The van der Waals surface area contributed by atoms with E-state index in [1.807, 2.05) is 38.2 Å². The Morgan fingerprint density at radius 3 is 2.89 bits per heavy atom. The van der Waals surface area contributed by atoms with Crippen LogP contribution in [0, 0.1) is 6.92 Å². The van der Waals surface area contributed by atoms with E-state index in [0.717, 1.165) is 23.4 Å². The van der Waals surface area contributed by atoms with E-state index in [2.05, 4.69) is 5.32 Å². The van der Waals surface area contributed by atoms with E-state index in [0.29, 0.717) is 17.4 Å². The number of benzene rings is 1. The van der Waals surface area contributed by atoms with Gasteiger partial charge < -0.3 is 14.5 Å². The predicted molar refractivity (Wildman–Crippen MR) is 72.0 cm³/mol. The monoisotopic (exact) mass is 265 g/mol. The SMILES string of the molecule is CNCc1ccoc1COc1ccc(C)cc1Cl. The number of halogens is 1. The summed E-state index contributed by atoms with van der Waals surface area (Å²) in [7, 11) is 1.90. The van der Waals surface area contributed by atoms with Crippen molar-refractivity contribution in [2.75, 3.05) is 7.05 Å². The van der Waals surface area contributed by atoms with Gasteiger partial charge in [-0.15, -0.1) is 0 Å². The molecule has 0 amide bonds. The van der Waals surface area contributed by atoms with Gasteiger partial charge in [0.1, 0.15) is 18.1 Å². The molecule has 96 valence electrons. The van der Waals surface area contributed by atoms with Crippen LogP contribution in [-0.2, 0) is 13.2 Å². The fourth-order valence-electron chi connectivity index (χ4n) is 1.71. The molecule has 0 aliphatic rings. The summed E-state index contributed by atoms with van der Waals surface area (Å²) in [6.07, 6.45) is 1.67. The Hall–Kier alpha value is -1.45. The Balaban J connectivity index is 2.04. The van der Waals surface area contributed by atoms with Crippen molar-refractivity contribution in [1.82, 2.24) is 5.32 Å². The second-order valence-electron chi connectivity index (χ2n) is 4.12. The summed E-state index contributed by atoms with van der Waals surface area (Å²) in [5, 5.41) is 3.71. The Labute approximate surface area is 112 Å².